The van der Waals surface area contributed by atoms with Crippen molar-refractivity contribution in [1.29, 1.82) is 0 Å². The molecule has 2 bridgehead atoms. The highest BCUT2D eigenvalue weighted by atomic mass is 16.1. The summed E-state index contributed by atoms with van der Waals surface area (Å²) in [5.74, 6) is 1.59. The fourth-order valence-corrected chi connectivity index (χ4v) is 4.86. The Morgan fingerprint density at radius 2 is 2.00 bits per heavy atom. The van der Waals surface area contributed by atoms with Crippen molar-refractivity contribution in [3.05, 3.63) is 66.0 Å². The van der Waals surface area contributed by atoms with Gasteiger partial charge < -0.3 is 10.6 Å². The van der Waals surface area contributed by atoms with Crippen LogP contribution < -0.4 is 10.6 Å². The SMILES string of the molecule is O=C(CCC[C@H]1NC[C@@H]2C[C@H]1CN(Cc1cccnc1)C2)NCc1ccccc1. The Hall–Kier alpha value is -2.24. The molecule has 0 spiro atoms. The first-order valence-corrected chi connectivity index (χ1v) is 10.9. The minimum absolute atomic E-state index is 0.157. The largest absolute Gasteiger partial charge is 0.352 e. The van der Waals surface area contributed by atoms with Crippen LogP contribution in [0.25, 0.3) is 0 Å². The van der Waals surface area contributed by atoms with Gasteiger partial charge >= 0.3 is 0 Å². The summed E-state index contributed by atoms with van der Waals surface area (Å²) in [6.07, 6.45) is 7.78. The first kappa shape index (κ1) is 20.0. The smallest absolute Gasteiger partial charge is 0.220 e. The molecule has 0 saturated carbocycles. The van der Waals surface area contributed by atoms with E-state index in [0.29, 0.717) is 24.9 Å². The van der Waals surface area contributed by atoms with Crippen molar-refractivity contribution in [2.24, 2.45) is 11.8 Å². The van der Waals surface area contributed by atoms with Crippen LogP contribution in [0.4, 0.5) is 0 Å². The summed E-state index contributed by atoms with van der Waals surface area (Å²) in [6, 6.07) is 14.8. The van der Waals surface area contributed by atoms with E-state index >= 15 is 0 Å². The highest BCUT2D eigenvalue weighted by Crippen LogP contribution is 2.31. The van der Waals surface area contributed by atoms with Crippen molar-refractivity contribution < 1.29 is 4.79 Å². The highest BCUT2D eigenvalue weighted by Gasteiger charge is 2.36. The number of nitrogens with zero attached hydrogens (tertiary/aromatic N) is 2. The summed E-state index contributed by atoms with van der Waals surface area (Å²) < 4.78 is 0. The van der Waals surface area contributed by atoms with Crippen LogP contribution in [0.3, 0.4) is 0 Å². The summed E-state index contributed by atoms with van der Waals surface area (Å²) in [5, 5.41) is 6.81. The van der Waals surface area contributed by atoms with Gasteiger partial charge in [-0.3, -0.25) is 14.7 Å². The predicted molar refractivity (Wildman–Crippen MR) is 115 cm³/mol. The molecule has 1 aromatic heterocycles. The molecule has 1 aromatic carbocycles. The van der Waals surface area contributed by atoms with Crippen LogP contribution in [0.15, 0.2) is 54.9 Å². The van der Waals surface area contributed by atoms with E-state index in [-0.39, 0.29) is 5.91 Å². The van der Waals surface area contributed by atoms with Crippen LogP contribution in [0.1, 0.15) is 36.8 Å². The number of carbonyl (C=O) groups is 1. The van der Waals surface area contributed by atoms with Crippen LogP contribution in [0.2, 0.25) is 0 Å². The summed E-state index contributed by atoms with van der Waals surface area (Å²) >= 11 is 0. The van der Waals surface area contributed by atoms with Crippen molar-refractivity contribution in [2.45, 2.75) is 44.8 Å². The molecule has 5 nitrogen and oxygen atoms in total. The molecule has 2 N–H and O–H groups in total. The van der Waals surface area contributed by atoms with Crippen LogP contribution in [0.5, 0.6) is 0 Å². The summed E-state index contributed by atoms with van der Waals surface area (Å²) in [6.45, 7) is 5.03. The number of pyridine rings is 1. The van der Waals surface area contributed by atoms with E-state index in [1.54, 1.807) is 0 Å². The van der Waals surface area contributed by atoms with E-state index in [2.05, 4.69) is 26.6 Å². The molecular formula is C24H32N4O. The van der Waals surface area contributed by atoms with E-state index in [1.807, 2.05) is 48.8 Å². The zero-order valence-corrected chi connectivity index (χ0v) is 17.1. The lowest BCUT2D eigenvalue weighted by molar-refractivity contribution is -0.121. The van der Waals surface area contributed by atoms with Gasteiger partial charge in [0.2, 0.25) is 5.91 Å². The standard InChI is InChI=1S/C24H32N4O/c29-24(27-14-19-6-2-1-3-7-19)10-4-9-23-22-12-21(15-26-23)17-28(18-22)16-20-8-5-11-25-13-20/h1-3,5-8,11,13,21-23,26H,4,9-10,12,14-18H2,(H,27,29)/t21-,22-,23+/m0/s1. The number of aromatic nitrogens is 1. The van der Waals surface area contributed by atoms with Crippen molar-refractivity contribution in [1.82, 2.24) is 20.5 Å². The zero-order valence-electron chi connectivity index (χ0n) is 17.1. The average Bonchev–Trinajstić information content (AvgIpc) is 2.75. The number of piperidine rings is 2. The van der Waals surface area contributed by atoms with E-state index in [4.69, 9.17) is 0 Å². The Morgan fingerprint density at radius 1 is 1.14 bits per heavy atom. The Kier molecular flexibility index (Phi) is 6.91. The van der Waals surface area contributed by atoms with Crippen molar-refractivity contribution >= 4 is 5.91 Å². The predicted octanol–water partition coefficient (Wildman–Crippen LogP) is 2.98. The lowest BCUT2D eigenvalue weighted by Gasteiger charge is -2.46. The minimum Gasteiger partial charge on any atom is -0.352 e. The second kappa shape index (κ2) is 9.99. The first-order chi connectivity index (χ1) is 14.3. The normalized spacial score (nSPS) is 24.2. The fourth-order valence-electron chi connectivity index (χ4n) is 4.86. The van der Waals surface area contributed by atoms with Crippen LogP contribution in [-0.4, -0.2) is 41.5 Å². The number of benzene rings is 1. The molecule has 2 aliphatic heterocycles. The molecule has 5 heteroatoms. The average molecular weight is 393 g/mol. The molecule has 4 rings (SSSR count). The molecular weight excluding hydrogens is 360 g/mol. The third kappa shape index (κ3) is 5.87. The van der Waals surface area contributed by atoms with Crippen molar-refractivity contribution in [3.63, 3.8) is 0 Å². The van der Waals surface area contributed by atoms with Crippen LogP contribution in [0, 0.1) is 11.8 Å². The number of rotatable bonds is 8. The Morgan fingerprint density at radius 3 is 2.83 bits per heavy atom. The molecule has 2 aromatic rings. The van der Waals surface area contributed by atoms with E-state index < -0.39 is 0 Å². The first-order valence-electron chi connectivity index (χ1n) is 10.9. The van der Waals surface area contributed by atoms with Gasteiger partial charge in [-0.15, -0.1) is 0 Å². The molecule has 154 valence electrons. The zero-order chi connectivity index (χ0) is 19.9. The number of likely N-dealkylation sites (tertiary alicyclic amines) is 1. The van der Waals surface area contributed by atoms with Gasteiger partial charge in [-0.25, -0.2) is 0 Å². The Bertz CT molecular complexity index is 767. The lowest BCUT2D eigenvalue weighted by Crippen LogP contribution is -2.55. The van der Waals surface area contributed by atoms with Gasteiger partial charge in [-0.1, -0.05) is 36.4 Å². The molecule has 29 heavy (non-hydrogen) atoms. The second-order valence-corrected chi connectivity index (χ2v) is 8.59. The van der Waals surface area contributed by atoms with E-state index in [0.717, 1.165) is 44.0 Å². The quantitative estimate of drug-likeness (QED) is 0.725. The van der Waals surface area contributed by atoms with E-state index in [1.165, 1.54) is 18.5 Å². The molecule has 1 amide bonds. The second-order valence-electron chi connectivity index (χ2n) is 8.59. The van der Waals surface area contributed by atoms with Gasteiger partial charge in [-0.05, 0) is 54.8 Å². The maximum atomic E-state index is 12.2. The topological polar surface area (TPSA) is 57.3 Å². The molecule has 2 aliphatic rings. The fraction of sp³-hybridized carbons (Fsp3) is 0.500. The number of hydrogen-bond acceptors (Lipinski definition) is 4. The summed E-state index contributed by atoms with van der Waals surface area (Å²) in [7, 11) is 0. The van der Waals surface area contributed by atoms with Gasteiger partial charge in [-0.2, -0.15) is 0 Å². The van der Waals surface area contributed by atoms with Gasteiger partial charge in [0, 0.05) is 51.0 Å². The monoisotopic (exact) mass is 392 g/mol. The Balaban J connectivity index is 1.20. The lowest BCUT2D eigenvalue weighted by atomic mass is 9.79. The third-order valence-electron chi connectivity index (χ3n) is 6.26. The van der Waals surface area contributed by atoms with Crippen molar-refractivity contribution in [2.75, 3.05) is 19.6 Å². The molecule has 3 heterocycles. The van der Waals surface area contributed by atoms with Crippen LogP contribution >= 0.6 is 0 Å². The highest BCUT2D eigenvalue weighted by molar-refractivity contribution is 5.75. The number of nitrogens with one attached hydrogen (secondary N) is 2. The number of fused-ring (bicyclic) bond motifs is 2. The van der Waals surface area contributed by atoms with Gasteiger partial charge in [0.25, 0.3) is 0 Å². The number of hydrogen-bond donors (Lipinski definition) is 2. The maximum absolute atomic E-state index is 12.2. The molecule has 2 saturated heterocycles. The van der Waals surface area contributed by atoms with Gasteiger partial charge in [0.15, 0.2) is 0 Å². The Labute approximate surface area is 173 Å². The molecule has 0 aliphatic carbocycles. The summed E-state index contributed by atoms with van der Waals surface area (Å²) in [5.41, 5.74) is 2.45. The van der Waals surface area contributed by atoms with E-state index in [9.17, 15) is 4.79 Å². The summed E-state index contributed by atoms with van der Waals surface area (Å²) in [4.78, 5) is 19.0. The maximum Gasteiger partial charge on any atom is 0.220 e. The molecule has 0 radical (unpaired) electrons. The van der Waals surface area contributed by atoms with Gasteiger partial charge in [0.1, 0.15) is 0 Å². The van der Waals surface area contributed by atoms with Crippen LogP contribution in [-0.2, 0) is 17.9 Å². The van der Waals surface area contributed by atoms with Gasteiger partial charge in [0.05, 0.1) is 0 Å². The third-order valence-corrected chi connectivity index (χ3v) is 6.26. The number of amides is 1. The molecule has 2 fully saturated rings. The van der Waals surface area contributed by atoms with Crippen molar-refractivity contribution in [3.8, 4) is 0 Å². The molecule has 3 atom stereocenters. The molecule has 0 unspecified atom stereocenters. The minimum atomic E-state index is 0.157. The number of carbonyl (C=O) groups excluding carboxylic acids is 1.